The molecule has 0 saturated carbocycles. The number of nitrogens with one attached hydrogen (secondary N) is 1. The molecule has 0 bridgehead atoms. The number of hydrogen-bond acceptors (Lipinski definition) is 11. The first-order valence-electron chi connectivity index (χ1n) is 24.0. The fourth-order valence-corrected chi connectivity index (χ4v) is 8.45. The number of rotatable bonds is 41. The lowest BCUT2D eigenvalue weighted by molar-refractivity contribution is -0.298. The van der Waals surface area contributed by atoms with Gasteiger partial charge in [0.25, 0.3) is 0 Å². The first kappa shape index (κ1) is 56.1. The summed E-state index contributed by atoms with van der Waals surface area (Å²) >= 11 is 0. The third kappa shape index (κ3) is 29.1. The Morgan fingerprint density at radius 1 is 0.610 bits per heavy atom. The van der Waals surface area contributed by atoms with Crippen molar-refractivity contribution < 1.29 is 57.0 Å². The maximum atomic E-state index is 12.9. The smallest absolute Gasteiger partial charge is 0.394 e. The molecule has 0 spiro atoms. The topological polar surface area (TPSA) is 212 Å². The predicted octanol–water partition coefficient (Wildman–Crippen LogP) is 8.36. The van der Waals surface area contributed by atoms with Gasteiger partial charge in [0.05, 0.1) is 25.4 Å². The van der Waals surface area contributed by atoms with Crippen LogP contribution in [0.5, 0.6) is 0 Å². The third-order valence-electron chi connectivity index (χ3n) is 11.8. The molecular formula is C45H89NO12S. The van der Waals surface area contributed by atoms with Crippen LogP contribution in [-0.4, -0.2) is 107 Å². The van der Waals surface area contributed by atoms with Crippen LogP contribution in [0.4, 0.5) is 0 Å². The van der Waals surface area contributed by atoms with Crippen molar-refractivity contribution in [3.8, 4) is 0 Å². The summed E-state index contributed by atoms with van der Waals surface area (Å²) in [6.45, 7) is 3.09. The molecule has 1 aliphatic heterocycles. The standard InChI is InChI=1S/C45H89NO12S/c1-3-5-7-8-9-10-11-12-13-14-15-16-17-18-19-20-21-22-23-24-25-26-27-28-29-30-32-34-39(49)44(52)46-37(38(48)33-31-6-4-2)36-56-45-42(51)43(58-59(53,54)55)41(50)40(35-47)57-45/h37-43,45,47-51H,3-36H2,1-2H3,(H,46,52)(H,53,54,55). The van der Waals surface area contributed by atoms with E-state index in [1.54, 1.807) is 0 Å². The fraction of sp³-hybridized carbons (Fsp3) is 0.978. The number of unbranched alkanes of at least 4 members (excludes halogenated alkanes) is 28. The van der Waals surface area contributed by atoms with Gasteiger partial charge in [-0.3, -0.25) is 9.35 Å². The molecule has 0 aromatic carbocycles. The largest absolute Gasteiger partial charge is 0.397 e. The van der Waals surface area contributed by atoms with Crippen LogP contribution >= 0.6 is 0 Å². The molecule has 1 amide bonds. The van der Waals surface area contributed by atoms with E-state index in [2.05, 4.69) is 16.4 Å². The van der Waals surface area contributed by atoms with Crippen molar-refractivity contribution in [3.05, 3.63) is 0 Å². The lowest BCUT2D eigenvalue weighted by atomic mass is 9.99. The summed E-state index contributed by atoms with van der Waals surface area (Å²) in [5.41, 5.74) is 0. The number of carbonyl (C=O) groups excluding carboxylic acids is 1. The number of hydrogen-bond donors (Lipinski definition) is 7. The molecule has 1 aliphatic rings. The molecule has 0 aromatic heterocycles. The molecule has 1 rings (SSSR count). The van der Waals surface area contributed by atoms with Crippen molar-refractivity contribution in [2.75, 3.05) is 13.2 Å². The molecule has 13 nitrogen and oxygen atoms in total. The first-order chi connectivity index (χ1) is 28.4. The Labute approximate surface area is 359 Å². The highest BCUT2D eigenvalue weighted by Crippen LogP contribution is 2.26. The molecule has 1 fully saturated rings. The quantitative estimate of drug-likeness (QED) is 0.0228. The van der Waals surface area contributed by atoms with Crippen LogP contribution in [0.25, 0.3) is 0 Å². The van der Waals surface area contributed by atoms with Gasteiger partial charge >= 0.3 is 10.4 Å². The van der Waals surface area contributed by atoms with E-state index in [1.165, 1.54) is 148 Å². The summed E-state index contributed by atoms with van der Waals surface area (Å²) in [4.78, 5) is 12.9. The minimum atomic E-state index is -5.09. The molecule has 0 radical (unpaired) electrons. The van der Waals surface area contributed by atoms with E-state index < -0.39 is 78.5 Å². The summed E-state index contributed by atoms with van der Waals surface area (Å²) in [5.74, 6) is -0.677. The van der Waals surface area contributed by atoms with Gasteiger partial charge < -0.3 is 40.3 Å². The summed E-state index contributed by atoms with van der Waals surface area (Å²) in [6, 6.07) is -1.02. The Hall–Kier alpha value is -0.940. The van der Waals surface area contributed by atoms with Crippen LogP contribution in [0, 0.1) is 0 Å². The fourth-order valence-electron chi connectivity index (χ4n) is 7.94. The minimum Gasteiger partial charge on any atom is -0.394 e. The number of aliphatic hydroxyl groups is 5. The van der Waals surface area contributed by atoms with Gasteiger partial charge in [-0.25, -0.2) is 4.18 Å². The molecule has 352 valence electrons. The molecule has 59 heavy (non-hydrogen) atoms. The third-order valence-corrected chi connectivity index (χ3v) is 12.2. The monoisotopic (exact) mass is 868 g/mol. The van der Waals surface area contributed by atoms with Gasteiger partial charge in [0.15, 0.2) is 6.29 Å². The van der Waals surface area contributed by atoms with Crippen molar-refractivity contribution in [1.82, 2.24) is 5.32 Å². The second kappa shape index (κ2) is 36.5. The first-order valence-corrected chi connectivity index (χ1v) is 25.4. The Kier molecular flexibility index (Phi) is 34.7. The molecule has 8 atom stereocenters. The van der Waals surface area contributed by atoms with Crippen LogP contribution in [0.1, 0.15) is 219 Å². The Bertz CT molecular complexity index is 1090. The van der Waals surface area contributed by atoms with Crippen LogP contribution in [0.15, 0.2) is 0 Å². The van der Waals surface area contributed by atoms with Crippen LogP contribution in [0.2, 0.25) is 0 Å². The minimum absolute atomic E-state index is 0.264. The molecule has 0 aromatic rings. The summed E-state index contributed by atoms with van der Waals surface area (Å²) in [7, 11) is -5.09. The molecule has 8 unspecified atom stereocenters. The average Bonchev–Trinajstić information content (AvgIpc) is 3.20. The zero-order chi connectivity index (χ0) is 43.6. The van der Waals surface area contributed by atoms with Gasteiger partial charge in [-0.15, -0.1) is 0 Å². The normalized spacial score (nSPS) is 21.4. The van der Waals surface area contributed by atoms with E-state index in [-0.39, 0.29) is 6.42 Å². The van der Waals surface area contributed by atoms with E-state index in [4.69, 9.17) is 14.0 Å². The summed E-state index contributed by atoms with van der Waals surface area (Å²) in [6.07, 6.45) is 27.3. The highest BCUT2D eigenvalue weighted by Gasteiger charge is 2.48. The molecule has 7 N–H and O–H groups in total. The highest BCUT2D eigenvalue weighted by atomic mass is 32.3. The second-order valence-electron chi connectivity index (χ2n) is 17.2. The van der Waals surface area contributed by atoms with Gasteiger partial charge in [0.1, 0.15) is 30.5 Å². The maximum absolute atomic E-state index is 12.9. The van der Waals surface area contributed by atoms with Crippen molar-refractivity contribution in [1.29, 1.82) is 0 Å². The Balaban J connectivity index is 2.16. The predicted molar refractivity (Wildman–Crippen MR) is 233 cm³/mol. The van der Waals surface area contributed by atoms with Crippen molar-refractivity contribution in [3.63, 3.8) is 0 Å². The maximum Gasteiger partial charge on any atom is 0.397 e. The summed E-state index contributed by atoms with van der Waals surface area (Å²) < 4.78 is 47.1. The second-order valence-corrected chi connectivity index (χ2v) is 18.3. The van der Waals surface area contributed by atoms with Crippen LogP contribution in [-0.2, 0) is 28.9 Å². The van der Waals surface area contributed by atoms with Gasteiger partial charge in [-0.05, 0) is 12.8 Å². The average molecular weight is 868 g/mol. The highest BCUT2D eigenvalue weighted by molar-refractivity contribution is 7.80. The van der Waals surface area contributed by atoms with Gasteiger partial charge in [-0.1, -0.05) is 206 Å². The Morgan fingerprint density at radius 2 is 0.983 bits per heavy atom. The van der Waals surface area contributed by atoms with Gasteiger partial charge in [-0.2, -0.15) is 8.42 Å². The van der Waals surface area contributed by atoms with Gasteiger partial charge in [0, 0.05) is 0 Å². The molecular weight excluding hydrogens is 779 g/mol. The van der Waals surface area contributed by atoms with Crippen LogP contribution < -0.4 is 5.32 Å². The van der Waals surface area contributed by atoms with Gasteiger partial charge in [0.2, 0.25) is 5.91 Å². The van der Waals surface area contributed by atoms with E-state index in [0.29, 0.717) is 19.3 Å². The lowest BCUT2D eigenvalue weighted by Crippen LogP contribution is -2.61. The summed E-state index contributed by atoms with van der Waals surface area (Å²) in [5, 5.41) is 54.6. The number of amides is 1. The zero-order valence-electron chi connectivity index (χ0n) is 37.2. The van der Waals surface area contributed by atoms with Crippen molar-refractivity contribution >= 4 is 16.3 Å². The Morgan fingerprint density at radius 3 is 1.37 bits per heavy atom. The zero-order valence-corrected chi connectivity index (χ0v) is 38.0. The molecule has 14 heteroatoms. The van der Waals surface area contributed by atoms with Crippen LogP contribution in [0.3, 0.4) is 0 Å². The van der Waals surface area contributed by atoms with Crippen molar-refractivity contribution in [2.24, 2.45) is 0 Å². The number of ether oxygens (including phenoxy) is 2. The SMILES string of the molecule is CCCCCCCCCCCCCCCCCCCCCCCCCCCCCC(O)C(=O)NC(COC1OC(CO)C(O)C(OS(=O)(=O)O)C1O)C(O)CCCCC. The molecule has 0 aliphatic carbocycles. The number of carbonyl (C=O) groups is 1. The van der Waals surface area contributed by atoms with Crippen molar-refractivity contribution in [2.45, 2.75) is 268 Å². The molecule has 1 saturated heterocycles. The lowest BCUT2D eigenvalue weighted by Gasteiger charge is -2.41. The van der Waals surface area contributed by atoms with E-state index in [0.717, 1.165) is 32.1 Å². The van der Waals surface area contributed by atoms with E-state index in [1.807, 2.05) is 6.92 Å². The van der Waals surface area contributed by atoms with E-state index >= 15 is 0 Å². The molecule has 1 heterocycles. The number of aliphatic hydroxyl groups excluding tert-OH is 5. The van der Waals surface area contributed by atoms with E-state index in [9.17, 15) is 38.7 Å².